The Kier molecular flexibility index (Phi) is 23.7. The SMILES string of the molecule is NCCCC[C@H](NC(=O)[C@H]1CCCN1C(=O)[C@H]1CSSC[C@@H](N)C(=O)N[C@@H](Cc2ccc(O)cc2)C(=O)N[C@@H](Cc2ccccc2)C(=O)N[C@@H](CCC(N)=O)C(=O)N[C@@H](CC(N)=O)C(=O)N1)C(=O)NCC(N)=O. The normalized spacial score (nSPS) is 23.0. The minimum Gasteiger partial charge on any atom is -0.508 e. The summed E-state index contributed by atoms with van der Waals surface area (Å²) in [5.74, 6) is -10.0. The van der Waals surface area contributed by atoms with Crippen LogP contribution in [0.5, 0.6) is 5.75 Å². The highest BCUT2D eigenvalue weighted by molar-refractivity contribution is 8.76. The number of likely N-dealkylation sites (tertiary alicyclic amines) is 1. The predicted molar refractivity (Wildman–Crippen MR) is 269 cm³/mol. The van der Waals surface area contributed by atoms with Crippen LogP contribution in [0.3, 0.4) is 0 Å². The molecule has 0 unspecified atom stereocenters. The van der Waals surface area contributed by atoms with Gasteiger partial charge in [0.1, 0.15) is 48.0 Å². The van der Waals surface area contributed by atoms with E-state index in [0.29, 0.717) is 36.9 Å². The van der Waals surface area contributed by atoms with Crippen molar-refractivity contribution in [1.29, 1.82) is 0 Å². The molecule has 2 aliphatic heterocycles. The summed E-state index contributed by atoms with van der Waals surface area (Å²) in [5.41, 5.74) is 29.2. The Morgan fingerprint density at radius 2 is 1.27 bits per heavy atom. The zero-order valence-electron chi connectivity index (χ0n) is 40.0. The first kappa shape index (κ1) is 58.6. The number of hydrogen-bond donors (Lipinski definition) is 13. The second kappa shape index (κ2) is 29.5. The minimum atomic E-state index is -1.78. The highest BCUT2D eigenvalue weighted by Crippen LogP contribution is 2.26. The van der Waals surface area contributed by atoms with E-state index < -0.39 is 139 Å². The number of phenols is 1. The van der Waals surface area contributed by atoms with Crippen LogP contribution in [-0.4, -0.2) is 154 Å². The second-order valence-corrected chi connectivity index (χ2v) is 20.0. The van der Waals surface area contributed by atoms with Crippen LogP contribution in [0.2, 0.25) is 0 Å². The molecule has 27 heteroatoms. The molecule has 8 atom stereocenters. The summed E-state index contributed by atoms with van der Waals surface area (Å²) in [7, 11) is 2.02. The lowest BCUT2D eigenvalue weighted by Gasteiger charge is -2.31. The number of rotatable bonds is 19. The Balaban J connectivity index is 1.71. The summed E-state index contributed by atoms with van der Waals surface area (Å²) in [6.45, 7) is -0.147. The number of unbranched alkanes of at least 4 members (excludes halogenated alkanes) is 1. The maximum Gasteiger partial charge on any atom is 0.246 e. The van der Waals surface area contributed by atoms with Crippen molar-refractivity contribution in [3.05, 3.63) is 65.7 Å². The van der Waals surface area contributed by atoms with E-state index in [1.54, 1.807) is 30.3 Å². The van der Waals surface area contributed by atoms with Crippen LogP contribution in [0.1, 0.15) is 62.5 Å². The minimum absolute atomic E-state index is 0.0324. The van der Waals surface area contributed by atoms with Crippen LogP contribution in [0.25, 0.3) is 0 Å². The maximum atomic E-state index is 14.6. The van der Waals surface area contributed by atoms with Gasteiger partial charge in [-0.2, -0.15) is 0 Å². The Labute approximate surface area is 428 Å². The van der Waals surface area contributed by atoms with Gasteiger partial charge < -0.3 is 75.9 Å². The van der Waals surface area contributed by atoms with Crippen molar-refractivity contribution >= 4 is 86.6 Å². The first-order valence-corrected chi connectivity index (χ1v) is 26.0. The average Bonchev–Trinajstić information content (AvgIpc) is 3.85. The van der Waals surface area contributed by atoms with E-state index in [9.17, 15) is 57.8 Å². The van der Waals surface area contributed by atoms with Crippen molar-refractivity contribution in [2.24, 2.45) is 28.7 Å². The number of hydrogen-bond acceptors (Lipinski definition) is 16. The highest BCUT2D eigenvalue weighted by atomic mass is 33.1. The van der Waals surface area contributed by atoms with Crippen molar-refractivity contribution in [2.45, 2.75) is 113 Å². The summed E-state index contributed by atoms with van der Waals surface area (Å²) >= 11 is 0. The van der Waals surface area contributed by atoms with Crippen LogP contribution >= 0.6 is 21.6 Å². The molecule has 0 bridgehead atoms. The molecule has 2 aliphatic rings. The van der Waals surface area contributed by atoms with Crippen LogP contribution < -0.4 is 65.9 Å². The molecule has 18 N–H and O–H groups in total. The van der Waals surface area contributed by atoms with Crippen LogP contribution in [0.4, 0.5) is 0 Å². The Morgan fingerprint density at radius 3 is 1.89 bits per heavy atom. The van der Waals surface area contributed by atoms with Gasteiger partial charge >= 0.3 is 0 Å². The summed E-state index contributed by atoms with van der Waals surface area (Å²) in [6, 6.07) is 3.09. The average molecular weight is 1060 g/mol. The number of carbonyl (C=O) groups excluding carboxylic acids is 11. The molecular weight excluding hydrogens is 991 g/mol. The standard InChI is InChI=1S/C46H65N13O12S2/c47-17-5-4-9-29(40(65)52-22-38(51)63)54-45(70)35-10-6-18-59(35)46(71)34-24-73-72-23-28(48)39(64)55-31(20-26-11-13-27(60)14-12-26)43(68)56-32(19-25-7-2-1-3-8-25)42(67)53-30(15-16-36(49)61)41(66)57-33(21-37(50)62)44(69)58-34/h1-3,7-8,11-14,28-35,60H,4-6,9-10,15-24,47-48H2,(H2,49,61)(H2,50,62)(H2,51,63)(H,52,65)(H,53,67)(H,54,70)(H,55,64)(H,56,68)(H,57,66)(H,58,69)/t28-,29+,30+,31+,32+,33+,34-,35-/m1/s1. The first-order chi connectivity index (χ1) is 34.8. The zero-order valence-corrected chi connectivity index (χ0v) is 41.6. The fourth-order valence-corrected chi connectivity index (χ4v) is 10.1. The number of primary amides is 3. The molecule has 2 heterocycles. The molecule has 2 saturated heterocycles. The maximum absolute atomic E-state index is 14.6. The molecular formula is C46H65N13O12S2. The molecule has 73 heavy (non-hydrogen) atoms. The van der Waals surface area contributed by atoms with E-state index in [0.717, 1.165) is 21.6 Å². The van der Waals surface area contributed by atoms with Crippen molar-refractivity contribution in [3.8, 4) is 5.75 Å². The Hall–Kier alpha value is -6.97. The molecule has 11 amide bonds. The van der Waals surface area contributed by atoms with E-state index >= 15 is 0 Å². The number of nitrogens with two attached hydrogens (primary N) is 5. The summed E-state index contributed by atoms with van der Waals surface area (Å²) < 4.78 is 0. The van der Waals surface area contributed by atoms with Crippen molar-refractivity contribution in [2.75, 3.05) is 31.1 Å². The van der Waals surface area contributed by atoms with E-state index in [1.165, 1.54) is 29.2 Å². The third kappa shape index (κ3) is 19.5. The quantitative estimate of drug-likeness (QED) is 0.0467. The zero-order chi connectivity index (χ0) is 53.6. The smallest absolute Gasteiger partial charge is 0.246 e. The number of carbonyl (C=O) groups is 11. The summed E-state index contributed by atoms with van der Waals surface area (Å²) in [4.78, 5) is 149. The third-order valence-corrected chi connectivity index (χ3v) is 14.1. The van der Waals surface area contributed by atoms with Gasteiger partial charge in [0.2, 0.25) is 65.0 Å². The molecule has 0 spiro atoms. The van der Waals surface area contributed by atoms with E-state index in [4.69, 9.17) is 28.7 Å². The molecule has 4 rings (SSSR count). The van der Waals surface area contributed by atoms with Gasteiger partial charge in [0.25, 0.3) is 0 Å². The van der Waals surface area contributed by atoms with E-state index in [1.807, 2.05) is 0 Å². The van der Waals surface area contributed by atoms with Gasteiger partial charge in [-0.25, -0.2) is 0 Å². The monoisotopic (exact) mass is 1060 g/mol. The lowest BCUT2D eigenvalue weighted by atomic mass is 10.0. The number of amides is 11. The molecule has 0 aliphatic carbocycles. The molecule has 0 radical (unpaired) electrons. The lowest BCUT2D eigenvalue weighted by Crippen LogP contribution is -2.61. The third-order valence-electron chi connectivity index (χ3n) is 11.6. The van der Waals surface area contributed by atoms with Crippen LogP contribution in [-0.2, 0) is 65.6 Å². The topological polar surface area (TPSA) is 426 Å². The van der Waals surface area contributed by atoms with Gasteiger partial charge in [-0.05, 0) is 68.3 Å². The van der Waals surface area contributed by atoms with Crippen molar-refractivity contribution in [1.82, 2.24) is 42.1 Å². The van der Waals surface area contributed by atoms with Crippen molar-refractivity contribution in [3.63, 3.8) is 0 Å². The van der Waals surface area contributed by atoms with E-state index in [-0.39, 0.29) is 49.5 Å². The molecule has 398 valence electrons. The molecule has 0 saturated carbocycles. The number of nitrogens with zero attached hydrogens (tertiary/aromatic N) is 1. The summed E-state index contributed by atoms with van der Waals surface area (Å²) in [5, 5.41) is 27.7. The van der Waals surface area contributed by atoms with Gasteiger partial charge in [-0.1, -0.05) is 64.1 Å². The Bertz CT molecular complexity index is 2300. The predicted octanol–water partition coefficient (Wildman–Crippen LogP) is -4.33. The lowest BCUT2D eigenvalue weighted by molar-refractivity contribution is -0.142. The molecule has 2 aromatic carbocycles. The Morgan fingerprint density at radius 1 is 0.699 bits per heavy atom. The van der Waals surface area contributed by atoms with E-state index in [2.05, 4.69) is 37.2 Å². The number of nitrogens with one attached hydrogen (secondary N) is 7. The number of aromatic hydroxyl groups is 1. The van der Waals surface area contributed by atoms with Gasteiger partial charge in [-0.15, -0.1) is 0 Å². The number of phenolic OH excluding ortho intramolecular Hbond substituents is 1. The highest BCUT2D eigenvalue weighted by Gasteiger charge is 2.40. The molecule has 2 aromatic rings. The fraction of sp³-hybridized carbons (Fsp3) is 0.500. The largest absolute Gasteiger partial charge is 0.508 e. The summed E-state index contributed by atoms with van der Waals surface area (Å²) in [6.07, 6.45) is -0.386. The molecule has 0 aromatic heterocycles. The van der Waals surface area contributed by atoms with Gasteiger partial charge in [0, 0.05) is 37.3 Å². The van der Waals surface area contributed by atoms with Gasteiger partial charge in [-0.3, -0.25) is 52.7 Å². The van der Waals surface area contributed by atoms with Crippen LogP contribution in [0.15, 0.2) is 54.6 Å². The van der Waals surface area contributed by atoms with Gasteiger partial charge in [0.05, 0.1) is 19.0 Å². The molecule has 2 fully saturated rings. The first-order valence-electron chi connectivity index (χ1n) is 23.5. The van der Waals surface area contributed by atoms with Gasteiger partial charge in [0.15, 0.2) is 0 Å². The number of benzene rings is 2. The fourth-order valence-electron chi connectivity index (χ4n) is 7.79. The molecule has 25 nitrogen and oxygen atoms in total. The van der Waals surface area contributed by atoms with Crippen molar-refractivity contribution < 1.29 is 57.8 Å². The van der Waals surface area contributed by atoms with Crippen LogP contribution in [0, 0.1) is 0 Å². The second-order valence-electron chi connectivity index (χ2n) is 17.4.